The molecule has 0 bridgehead atoms. The summed E-state index contributed by atoms with van der Waals surface area (Å²) in [4.78, 5) is 0. The molecule has 0 rings (SSSR count). The first-order valence-electron chi connectivity index (χ1n) is 3.87. The van der Waals surface area contributed by atoms with E-state index in [4.69, 9.17) is 19.3 Å². The molecule has 0 spiro atoms. The second kappa shape index (κ2) is 5.67. The topological polar surface area (TPSA) is 70.8 Å². The van der Waals surface area contributed by atoms with Gasteiger partial charge < -0.3 is 5.73 Å². The van der Waals surface area contributed by atoms with Crippen LogP contribution in [0.2, 0.25) is 0 Å². The number of hydrogen-bond acceptors (Lipinski definition) is 5. The third-order valence-electron chi connectivity index (χ3n) is 0.870. The molecule has 12 heavy (non-hydrogen) atoms. The van der Waals surface area contributed by atoms with Crippen LogP contribution in [0.25, 0.3) is 0 Å². The molecule has 1 unspecified atom stereocenters. The average molecular weight is 197 g/mol. The lowest BCUT2D eigenvalue weighted by Gasteiger charge is -2.17. The van der Waals surface area contributed by atoms with E-state index in [1.54, 1.807) is 20.8 Å². The fourth-order valence-corrected chi connectivity index (χ4v) is 1.85. The third-order valence-corrected chi connectivity index (χ3v) is 2.61. The Kier molecular flexibility index (Phi) is 5.70. The lowest BCUT2D eigenvalue weighted by Crippen LogP contribution is -2.19. The second-order valence-corrected chi connectivity index (χ2v) is 3.71. The maximum absolute atomic E-state index is 11.5. The van der Waals surface area contributed by atoms with Crippen LogP contribution < -0.4 is 5.73 Å². The van der Waals surface area contributed by atoms with Crippen LogP contribution >= 0.6 is 7.82 Å². The van der Waals surface area contributed by atoms with Crippen LogP contribution in [0.1, 0.15) is 20.8 Å². The molecule has 0 aliphatic heterocycles. The van der Waals surface area contributed by atoms with Crippen molar-refractivity contribution < 1.29 is 18.1 Å². The van der Waals surface area contributed by atoms with Gasteiger partial charge in [-0.05, 0) is 20.8 Å². The first-order chi connectivity index (χ1) is 5.54. The van der Waals surface area contributed by atoms with Gasteiger partial charge in [0.1, 0.15) is 6.23 Å². The van der Waals surface area contributed by atoms with Crippen LogP contribution in [0.5, 0.6) is 0 Å². The molecule has 0 saturated carbocycles. The lowest BCUT2D eigenvalue weighted by atomic mass is 10.7. The van der Waals surface area contributed by atoms with Crippen molar-refractivity contribution in [1.82, 2.24) is 0 Å². The minimum absolute atomic E-state index is 0.268. The highest BCUT2D eigenvalue weighted by Gasteiger charge is 2.26. The summed E-state index contributed by atoms with van der Waals surface area (Å²) < 4.78 is 25.9. The number of nitrogens with two attached hydrogens (primary N) is 1. The maximum Gasteiger partial charge on any atom is 0.476 e. The average Bonchev–Trinajstić information content (AvgIpc) is 1.85. The molecule has 0 heterocycles. The van der Waals surface area contributed by atoms with Gasteiger partial charge in [-0.3, -0.25) is 13.6 Å². The van der Waals surface area contributed by atoms with Gasteiger partial charge in [0.15, 0.2) is 0 Å². The fourth-order valence-electron chi connectivity index (χ4n) is 0.618. The van der Waals surface area contributed by atoms with Gasteiger partial charge in [-0.1, -0.05) is 0 Å². The quantitative estimate of drug-likeness (QED) is 0.516. The van der Waals surface area contributed by atoms with Gasteiger partial charge in [-0.25, -0.2) is 4.57 Å². The minimum atomic E-state index is -3.40. The van der Waals surface area contributed by atoms with Gasteiger partial charge in [0.05, 0.1) is 13.2 Å². The first-order valence-corrected chi connectivity index (χ1v) is 5.33. The zero-order chi connectivity index (χ0) is 9.61. The van der Waals surface area contributed by atoms with Crippen molar-refractivity contribution >= 4 is 7.82 Å². The van der Waals surface area contributed by atoms with Crippen LogP contribution in [0.15, 0.2) is 0 Å². The molecule has 0 aromatic rings. The summed E-state index contributed by atoms with van der Waals surface area (Å²) in [5, 5.41) is 0. The van der Waals surface area contributed by atoms with E-state index in [1.807, 2.05) is 0 Å². The van der Waals surface area contributed by atoms with Crippen molar-refractivity contribution in [3.05, 3.63) is 0 Å². The number of phosphoric ester groups is 1. The summed E-state index contributed by atoms with van der Waals surface area (Å²) in [7, 11) is -3.40. The Morgan fingerprint density at radius 1 is 1.33 bits per heavy atom. The van der Waals surface area contributed by atoms with Gasteiger partial charge in [0, 0.05) is 0 Å². The van der Waals surface area contributed by atoms with Crippen LogP contribution in [-0.2, 0) is 18.1 Å². The highest BCUT2D eigenvalue weighted by Crippen LogP contribution is 2.49. The number of phosphoric acid groups is 1. The van der Waals surface area contributed by atoms with E-state index in [2.05, 4.69) is 0 Å². The molecule has 0 amide bonds. The van der Waals surface area contributed by atoms with Crippen molar-refractivity contribution in [1.29, 1.82) is 0 Å². The van der Waals surface area contributed by atoms with E-state index in [0.29, 0.717) is 0 Å². The monoisotopic (exact) mass is 197 g/mol. The molecule has 0 aromatic carbocycles. The molecule has 0 aliphatic rings. The smallest absolute Gasteiger partial charge is 0.306 e. The van der Waals surface area contributed by atoms with Gasteiger partial charge in [0.25, 0.3) is 0 Å². The zero-order valence-corrected chi connectivity index (χ0v) is 8.54. The summed E-state index contributed by atoms with van der Waals surface area (Å²) in [6, 6.07) is 0. The van der Waals surface area contributed by atoms with E-state index < -0.39 is 14.1 Å². The van der Waals surface area contributed by atoms with E-state index in [0.717, 1.165) is 0 Å². The van der Waals surface area contributed by atoms with Crippen molar-refractivity contribution in [2.75, 3.05) is 13.2 Å². The Hall–Kier alpha value is 0.0700. The molecule has 0 radical (unpaired) electrons. The van der Waals surface area contributed by atoms with Crippen molar-refractivity contribution in [3.63, 3.8) is 0 Å². The Morgan fingerprint density at radius 3 is 2.00 bits per heavy atom. The number of hydrogen-bond donors (Lipinski definition) is 1. The summed E-state index contributed by atoms with van der Waals surface area (Å²) in [6.07, 6.45) is -0.658. The van der Waals surface area contributed by atoms with Crippen molar-refractivity contribution in [2.24, 2.45) is 5.73 Å². The highest BCUT2D eigenvalue weighted by molar-refractivity contribution is 7.48. The standard InChI is InChI=1S/C6H16NO4P/c1-4-9-12(8,10-5-2)11-6(3)7/h6H,4-5,7H2,1-3H3. The molecule has 1 atom stereocenters. The molecule has 2 N–H and O–H groups in total. The predicted octanol–water partition coefficient (Wildman–Crippen LogP) is 1.49. The fraction of sp³-hybridized carbons (Fsp3) is 1.00. The van der Waals surface area contributed by atoms with Crippen molar-refractivity contribution in [2.45, 2.75) is 27.0 Å². The molecular formula is C6H16NO4P. The Morgan fingerprint density at radius 2 is 1.75 bits per heavy atom. The minimum Gasteiger partial charge on any atom is -0.306 e. The summed E-state index contributed by atoms with van der Waals surface area (Å²) in [5.41, 5.74) is 5.28. The van der Waals surface area contributed by atoms with Gasteiger partial charge in [0.2, 0.25) is 0 Å². The van der Waals surface area contributed by atoms with Crippen LogP contribution in [0.3, 0.4) is 0 Å². The molecule has 74 valence electrons. The maximum atomic E-state index is 11.5. The Labute approximate surface area is 72.8 Å². The normalized spacial score (nSPS) is 14.7. The largest absolute Gasteiger partial charge is 0.476 e. The molecule has 0 fully saturated rings. The molecule has 6 heteroatoms. The van der Waals surface area contributed by atoms with Gasteiger partial charge >= 0.3 is 7.82 Å². The zero-order valence-electron chi connectivity index (χ0n) is 7.65. The lowest BCUT2D eigenvalue weighted by molar-refractivity contribution is 0.0934. The second-order valence-electron chi connectivity index (χ2n) is 2.09. The van der Waals surface area contributed by atoms with Crippen LogP contribution in [0.4, 0.5) is 0 Å². The number of rotatable bonds is 6. The Balaban J connectivity index is 4.08. The molecule has 5 nitrogen and oxygen atoms in total. The van der Waals surface area contributed by atoms with Crippen LogP contribution in [0, 0.1) is 0 Å². The Bertz CT molecular complexity index is 152. The molecule has 0 aromatic heterocycles. The predicted molar refractivity (Wildman–Crippen MR) is 45.6 cm³/mol. The third kappa shape index (κ3) is 4.85. The molecule has 0 saturated heterocycles. The summed E-state index contributed by atoms with van der Waals surface area (Å²) in [5.74, 6) is 0. The summed E-state index contributed by atoms with van der Waals surface area (Å²) in [6.45, 7) is 5.51. The summed E-state index contributed by atoms with van der Waals surface area (Å²) >= 11 is 0. The first kappa shape index (κ1) is 12.1. The van der Waals surface area contributed by atoms with E-state index >= 15 is 0 Å². The molecule has 0 aliphatic carbocycles. The van der Waals surface area contributed by atoms with Gasteiger partial charge in [-0.2, -0.15) is 0 Å². The van der Waals surface area contributed by atoms with E-state index in [9.17, 15) is 4.57 Å². The molecular weight excluding hydrogens is 181 g/mol. The van der Waals surface area contributed by atoms with Gasteiger partial charge in [-0.15, -0.1) is 0 Å². The van der Waals surface area contributed by atoms with E-state index in [1.165, 1.54) is 0 Å². The van der Waals surface area contributed by atoms with E-state index in [-0.39, 0.29) is 13.2 Å². The highest BCUT2D eigenvalue weighted by atomic mass is 31.2. The van der Waals surface area contributed by atoms with Crippen LogP contribution in [-0.4, -0.2) is 19.4 Å². The van der Waals surface area contributed by atoms with Crippen molar-refractivity contribution in [3.8, 4) is 0 Å². The SMILES string of the molecule is CCOP(=O)(OCC)OC(C)N.